The number of hydrogen-bond acceptors (Lipinski definition) is 2. The van der Waals surface area contributed by atoms with Crippen molar-refractivity contribution in [2.45, 2.75) is 32.6 Å². The summed E-state index contributed by atoms with van der Waals surface area (Å²) in [7, 11) is 0. The fourth-order valence-electron chi connectivity index (χ4n) is 1.31. The van der Waals surface area contributed by atoms with Crippen LogP contribution in [0.1, 0.15) is 32.6 Å². The van der Waals surface area contributed by atoms with E-state index in [4.69, 9.17) is 21.0 Å². The minimum Gasteiger partial charge on any atom is -0.481 e. The van der Waals surface area contributed by atoms with Crippen molar-refractivity contribution in [3.63, 3.8) is 0 Å². The van der Waals surface area contributed by atoms with Gasteiger partial charge in [-0.25, -0.2) is 0 Å². The molecule has 5 nitrogen and oxygen atoms in total. The molecule has 1 heterocycles. The molecular formula is C9H19N3O2. The quantitative estimate of drug-likeness (QED) is 0.400. The summed E-state index contributed by atoms with van der Waals surface area (Å²) in [5.41, 5.74) is 5.35. The van der Waals surface area contributed by atoms with Crippen molar-refractivity contribution < 1.29 is 9.90 Å². The Morgan fingerprint density at radius 3 is 1.93 bits per heavy atom. The van der Waals surface area contributed by atoms with Gasteiger partial charge in [0.15, 0.2) is 5.96 Å². The molecule has 1 rings (SSSR count). The predicted molar refractivity (Wildman–Crippen MR) is 55.3 cm³/mol. The number of guanidine groups is 1. The van der Waals surface area contributed by atoms with E-state index >= 15 is 0 Å². The van der Waals surface area contributed by atoms with Crippen LogP contribution in [0.25, 0.3) is 0 Å². The van der Waals surface area contributed by atoms with E-state index in [0.29, 0.717) is 0 Å². The Hall–Kier alpha value is -1.26. The molecule has 4 N–H and O–H groups in total. The molecule has 0 spiro atoms. The van der Waals surface area contributed by atoms with Gasteiger partial charge in [0.1, 0.15) is 0 Å². The first kappa shape index (κ1) is 12.7. The summed E-state index contributed by atoms with van der Waals surface area (Å²) in [6.07, 6.45) is 4.98. The normalized spacial score (nSPS) is 16.2. The highest BCUT2D eigenvalue weighted by molar-refractivity contribution is 5.74. The number of likely N-dealkylation sites (tertiary alicyclic amines) is 1. The number of aliphatic carboxylic acids is 1. The third kappa shape index (κ3) is 7.39. The summed E-state index contributed by atoms with van der Waals surface area (Å²) in [4.78, 5) is 11.0. The average Bonchev–Trinajstić information content (AvgIpc) is 2.29. The van der Waals surface area contributed by atoms with E-state index in [0.717, 1.165) is 20.0 Å². The van der Waals surface area contributed by atoms with Gasteiger partial charge in [0.05, 0.1) is 0 Å². The van der Waals surface area contributed by atoms with Crippen molar-refractivity contribution in [2.75, 3.05) is 13.1 Å². The zero-order valence-electron chi connectivity index (χ0n) is 8.62. The van der Waals surface area contributed by atoms with Crippen LogP contribution in [0.15, 0.2) is 0 Å². The molecule has 0 aromatic carbocycles. The van der Waals surface area contributed by atoms with E-state index < -0.39 is 5.97 Å². The number of hydrogen-bond donors (Lipinski definition) is 3. The maximum absolute atomic E-state index is 9.00. The summed E-state index contributed by atoms with van der Waals surface area (Å²) in [6.45, 7) is 3.05. The highest BCUT2D eigenvalue weighted by atomic mass is 16.4. The van der Waals surface area contributed by atoms with Crippen molar-refractivity contribution >= 4 is 11.9 Å². The molecule has 0 bridgehead atoms. The molecule has 1 aliphatic rings. The first-order valence-corrected chi connectivity index (χ1v) is 4.82. The molecule has 0 saturated carbocycles. The lowest BCUT2D eigenvalue weighted by Crippen LogP contribution is -2.36. The molecule has 1 saturated heterocycles. The van der Waals surface area contributed by atoms with Gasteiger partial charge in [-0.05, 0) is 12.8 Å². The maximum Gasteiger partial charge on any atom is 0.300 e. The van der Waals surface area contributed by atoms with Crippen molar-refractivity contribution in [3.05, 3.63) is 0 Å². The fourth-order valence-corrected chi connectivity index (χ4v) is 1.31. The highest BCUT2D eigenvalue weighted by Crippen LogP contribution is 2.08. The van der Waals surface area contributed by atoms with Crippen LogP contribution in [-0.2, 0) is 4.79 Å². The van der Waals surface area contributed by atoms with Gasteiger partial charge in [-0.2, -0.15) is 0 Å². The molecule has 0 amide bonds. The molecule has 14 heavy (non-hydrogen) atoms. The van der Waals surface area contributed by atoms with Crippen molar-refractivity contribution in [1.82, 2.24) is 4.90 Å². The fraction of sp³-hybridized carbons (Fsp3) is 0.778. The van der Waals surface area contributed by atoms with Crippen molar-refractivity contribution in [2.24, 2.45) is 5.73 Å². The lowest BCUT2D eigenvalue weighted by molar-refractivity contribution is -0.134. The molecule has 82 valence electrons. The number of nitrogens with two attached hydrogens (primary N) is 1. The van der Waals surface area contributed by atoms with Crippen LogP contribution in [0, 0.1) is 5.41 Å². The Bertz CT molecular complexity index is 182. The Labute approximate surface area is 84.4 Å². The number of carbonyl (C=O) groups is 1. The van der Waals surface area contributed by atoms with Gasteiger partial charge >= 0.3 is 0 Å². The third-order valence-corrected chi connectivity index (χ3v) is 1.95. The Balaban J connectivity index is 0.000000364. The first-order valence-electron chi connectivity index (χ1n) is 4.82. The molecule has 1 fully saturated rings. The zero-order chi connectivity index (χ0) is 11.0. The van der Waals surface area contributed by atoms with Gasteiger partial charge in [-0.3, -0.25) is 10.2 Å². The number of rotatable bonds is 0. The first-order chi connectivity index (χ1) is 6.54. The van der Waals surface area contributed by atoms with Crippen LogP contribution in [-0.4, -0.2) is 35.0 Å². The molecule has 0 aliphatic carbocycles. The molecule has 0 unspecified atom stereocenters. The minimum atomic E-state index is -0.833. The van der Waals surface area contributed by atoms with Crippen LogP contribution in [0.2, 0.25) is 0 Å². The van der Waals surface area contributed by atoms with Crippen LogP contribution in [0.5, 0.6) is 0 Å². The van der Waals surface area contributed by atoms with Crippen LogP contribution in [0.4, 0.5) is 0 Å². The van der Waals surface area contributed by atoms with Crippen molar-refractivity contribution in [1.29, 1.82) is 5.41 Å². The van der Waals surface area contributed by atoms with Crippen LogP contribution in [0.3, 0.4) is 0 Å². The van der Waals surface area contributed by atoms with E-state index in [-0.39, 0.29) is 5.96 Å². The number of nitrogens with zero attached hydrogens (tertiary/aromatic N) is 1. The molecule has 0 aromatic rings. The van der Waals surface area contributed by atoms with Crippen LogP contribution >= 0.6 is 0 Å². The summed E-state index contributed by atoms with van der Waals surface area (Å²) in [5, 5.41) is 14.6. The van der Waals surface area contributed by atoms with Gasteiger partial charge in [0.2, 0.25) is 0 Å². The van der Waals surface area contributed by atoms with E-state index in [2.05, 4.69) is 0 Å². The standard InChI is InChI=1S/C7H15N3.C2H4O2/c8-7(9)10-5-3-1-2-4-6-10;1-2(3)4/h1-6H2,(H3,8,9);1H3,(H,3,4). The molecule has 0 radical (unpaired) electrons. The second-order valence-electron chi connectivity index (χ2n) is 3.31. The summed E-state index contributed by atoms with van der Waals surface area (Å²) in [6, 6.07) is 0. The Kier molecular flexibility index (Phi) is 6.53. The predicted octanol–water partition coefficient (Wildman–Crippen LogP) is 0.847. The summed E-state index contributed by atoms with van der Waals surface area (Å²) < 4.78 is 0. The summed E-state index contributed by atoms with van der Waals surface area (Å²) in [5.74, 6) is -0.595. The largest absolute Gasteiger partial charge is 0.481 e. The zero-order valence-corrected chi connectivity index (χ0v) is 8.62. The molecule has 0 atom stereocenters. The monoisotopic (exact) mass is 201 g/mol. The van der Waals surface area contributed by atoms with Crippen molar-refractivity contribution in [3.8, 4) is 0 Å². The second-order valence-corrected chi connectivity index (χ2v) is 3.31. The maximum atomic E-state index is 9.00. The van der Waals surface area contributed by atoms with E-state index in [9.17, 15) is 0 Å². The Morgan fingerprint density at radius 2 is 1.64 bits per heavy atom. The SMILES string of the molecule is CC(=O)O.N=C(N)N1CCCCCC1. The average molecular weight is 201 g/mol. The molecule has 0 aromatic heterocycles. The molecule has 5 heteroatoms. The van der Waals surface area contributed by atoms with E-state index in [1.807, 2.05) is 4.90 Å². The van der Waals surface area contributed by atoms with Crippen LogP contribution < -0.4 is 5.73 Å². The molecular weight excluding hydrogens is 182 g/mol. The lowest BCUT2D eigenvalue weighted by atomic mass is 10.2. The smallest absolute Gasteiger partial charge is 0.300 e. The topological polar surface area (TPSA) is 90.4 Å². The van der Waals surface area contributed by atoms with E-state index in [1.54, 1.807) is 0 Å². The highest BCUT2D eigenvalue weighted by Gasteiger charge is 2.08. The third-order valence-electron chi connectivity index (χ3n) is 1.95. The van der Waals surface area contributed by atoms with Gasteiger partial charge in [-0.1, -0.05) is 12.8 Å². The van der Waals surface area contributed by atoms with Gasteiger partial charge < -0.3 is 15.7 Å². The van der Waals surface area contributed by atoms with Gasteiger partial charge in [0.25, 0.3) is 5.97 Å². The number of nitrogens with one attached hydrogen (secondary N) is 1. The van der Waals surface area contributed by atoms with E-state index in [1.165, 1.54) is 25.7 Å². The molecule has 1 aliphatic heterocycles. The van der Waals surface area contributed by atoms with Gasteiger partial charge in [0, 0.05) is 20.0 Å². The number of carboxylic acids is 1. The lowest BCUT2D eigenvalue weighted by Gasteiger charge is -2.19. The number of carboxylic acid groups (broad SMARTS) is 1. The van der Waals surface area contributed by atoms with Gasteiger partial charge in [-0.15, -0.1) is 0 Å². The Morgan fingerprint density at radius 1 is 1.29 bits per heavy atom. The minimum absolute atomic E-state index is 0.238. The summed E-state index contributed by atoms with van der Waals surface area (Å²) >= 11 is 0. The second kappa shape index (κ2) is 7.17.